The van der Waals surface area contributed by atoms with E-state index in [9.17, 15) is 22.0 Å². The number of hydrogen-bond acceptors (Lipinski definition) is 4. The minimum Gasteiger partial charge on any atom is -0.325 e. The van der Waals surface area contributed by atoms with Crippen LogP contribution < -0.4 is 5.32 Å². The Morgan fingerprint density at radius 2 is 1.90 bits per heavy atom. The molecule has 0 spiro atoms. The predicted molar refractivity (Wildman–Crippen MR) is 101 cm³/mol. The van der Waals surface area contributed by atoms with Crippen molar-refractivity contribution >= 4 is 21.6 Å². The van der Waals surface area contributed by atoms with Crippen molar-refractivity contribution in [3.05, 3.63) is 54.4 Å². The van der Waals surface area contributed by atoms with Gasteiger partial charge in [0, 0.05) is 19.0 Å². The van der Waals surface area contributed by atoms with E-state index in [0.29, 0.717) is 5.69 Å². The van der Waals surface area contributed by atoms with Crippen molar-refractivity contribution in [3.8, 4) is 0 Å². The van der Waals surface area contributed by atoms with Crippen molar-refractivity contribution in [2.45, 2.75) is 29.7 Å². The number of piperidine rings is 1. The maximum absolute atomic E-state index is 15.4. The van der Waals surface area contributed by atoms with Gasteiger partial charge in [-0.1, -0.05) is 6.07 Å². The van der Waals surface area contributed by atoms with Gasteiger partial charge in [0.2, 0.25) is 20.8 Å². The van der Waals surface area contributed by atoms with Crippen molar-refractivity contribution in [1.82, 2.24) is 9.88 Å². The van der Waals surface area contributed by atoms with Gasteiger partial charge >= 0.3 is 6.03 Å². The number of pyridine rings is 1. The van der Waals surface area contributed by atoms with E-state index < -0.39 is 43.4 Å². The van der Waals surface area contributed by atoms with Gasteiger partial charge in [0.15, 0.2) is 0 Å². The number of carbonyl (C=O) groups is 1. The highest BCUT2D eigenvalue weighted by Gasteiger charge is 2.48. The average Bonchev–Trinajstić information content (AvgIpc) is 2.69. The van der Waals surface area contributed by atoms with E-state index in [1.54, 1.807) is 0 Å². The molecule has 1 aliphatic heterocycles. The van der Waals surface area contributed by atoms with Gasteiger partial charge in [0.05, 0.1) is 16.8 Å². The Kier molecular flexibility index (Phi) is 5.83. The number of amides is 2. The molecule has 2 aromatic rings. The summed E-state index contributed by atoms with van der Waals surface area (Å²) in [7, 11) is -4.42. The summed E-state index contributed by atoms with van der Waals surface area (Å²) in [6, 6.07) is 6.26. The van der Waals surface area contributed by atoms with Crippen molar-refractivity contribution in [1.29, 1.82) is 0 Å². The highest BCUT2D eigenvalue weighted by Crippen LogP contribution is 2.39. The number of nitrogens with zero attached hydrogens (tertiary/aromatic N) is 2. The molecule has 0 aliphatic carbocycles. The van der Waals surface area contributed by atoms with E-state index in [0.717, 1.165) is 31.2 Å². The molecule has 1 fully saturated rings. The van der Waals surface area contributed by atoms with E-state index in [1.807, 2.05) is 0 Å². The topological polar surface area (TPSA) is 79.4 Å². The highest BCUT2D eigenvalue weighted by molar-refractivity contribution is 7.92. The summed E-state index contributed by atoms with van der Waals surface area (Å²) in [5, 5.41) is -0.0480. The molecule has 156 valence electrons. The molecule has 29 heavy (non-hydrogen) atoms. The summed E-state index contributed by atoms with van der Waals surface area (Å²) in [6.45, 7) is 1.27. The second-order valence-electron chi connectivity index (χ2n) is 7.01. The van der Waals surface area contributed by atoms with Crippen LogP contribution in [0, 0.1) is 17.7 Å². The third-order valence-corrected chi connectivity index (χ3v) is 7.38. The molecule has 2 amide bonds. The van der Waals surface area contributed by atoms with Gasteiger partial charge in [-0.05, 0) is 50.1 Å². The molecule has 0 radical (unpaired) electrons. The van der Waals surface area contributed by atoms with Crippen LogP contribution in [0.3, 0.4) is 0 Å². The fourth-order valence-electron chi connectivity index (χ4n) is 3.33. The Balaban J connectivity index is 1.66. The molecule has 0 bridgehead atoms. The second kappa shape index (κ2) is 8.02. The van der Waals surface area contributed by atoms with Crippen molar-refractivity contribution in [2.75, 3.05) is 18.4 Å². The fraction of sp³-hybridized carbons (Fsp3) is 0.368. The summed E-state index contributed by atoms with van der Waals surface area (Å²) in [5.41, 5.74) is 0.308. The van der Waals surface area contributed by atoms with Crippen LogP contribution >= 0.6 is 0 Å². The minimum absolute atomic E-state index is 0.122. The van der Waals surface area contributed by atoms with Crippen LogP contribution in [0.5, 0.6) is 0 Å². The number of sulfone groups is 1. The molecule has 1 aromatic heterocycles. The van der Waals surface area contributed by atoms with E-state index >= 15 is 4.39 Å². The van der Waals surface area contributed by atoms with Gasteiger partial charge in [-0.15, -0.1) is 0 Å². The Morgan fingerprint density at radius 1 is 1.21 bits per heavy atom. The predicted octanol–water partition coefficient (Wildman–Crippen LogP) is 3.76. The van der Waals surface area contributed by atoms with Crippen molar-refractivity contribution in [3.63, 3.8) is 0 Å². The Morgan fingerprint density at radius 3 is 2.48 bits per heavy atom. The van der Waals surface area contributed by atoms with Crippen molar-refractivity contribution < 1.29 is 26.4 Å². The summed E-state index contributed by atoms with van der Waals surface area (Å²) >= 11 is 0. The highest BCUT2D eigenvalue weighted by atomic mass is 32.2. The Hall–Kier alpha value is -2.62. The first-order valence-corrected chi connectivity index (χ1v) is 10.5. The lowest BCUT2D eigenvalue weighted by Gasteiger charge is -2.37. The summed E-state index contributed by atoms with van der Waals surface area (Å²) in [6.07, 6.45) is 1.41. The fourth-order valence-corrected chi connectivity index (χ4v) is 5.00. The zero-order chi connectivity index (χ0) is 21.2. The molecule has 1 aromatic carbocycles. The molecular weight excluding hydrogens is 407 g/mol. The van der Waals surface area contributed by atoms with Crippen LogP contribution in [-0.2, 0) is 9.84 Å². The first kappa shape index (κ1) is 21.1. The average molecular weight is 427 g/mol. The summed E-state index contributed by atoms with van der Waals surface area (Å²) < 4.78 is 67.1. The molecule has 10 heteroatoms. The number of anilines is 1. The van der Waals surface area contributed by atoms with E-state index in [2.05, 4.69) is 10.3 Å². The van der Waals surface area contributed by atoms with Crippen molar-refractivity contribution in [2.24, 2.45) is 5.92 Å². The van der Waals surface area contributed by atoms with Gasteiger partial charge in [0.25, 0.3) is 0 Å². The number of likely N-dealkylation sites (tertiary alicyclic amines) is 1. The molecule has 6 nitrogen and oxygen atoms in total. The van der Waals surface area contributed by atoms with Crippen LogP contribution in [0.4, 0.5) is 23.7 Å². The van der Waals surface area contributed by atoms with Crippen LogP contribution in [0.2, 0.25) is 0 Å². The number of halogens is 3. The summed E-state index contributed by atoms with van der Waals surface area (Å²) in [4.78, 5) is 16.8. The molecular formula is C19H20F3N3O3S. The first-order chi connectivity index (χ1) is 13.6. The molecule has 1 unspecified atom stereocenters. The van der Waals surface area contributed by atoms with Crippen LogP contribution in [0.25, 0.3) is 0 Å². The standard InChI is InChI=1S/C19H20F3N3O3S/c1-19(22,29(27,28)16-4-2-3-14(20)11-16)13-7-9-25(10-8-13)18(26)24-15-5-6-17(21)23-12-15/h2-6,11-13H,7-10H2,1H3,(H,24,26). The number of urea groups is 1. The van der Waals surface area contributed by atoms with E-state index in [4.69, 9.17) is 0 Å². The van der Waals surface area contributed by atoms with Gasteiger partial charge in [0.1, 0.15) is 5.82 Å². The first-order valence-electron chi connectivity index (χ1n) is 8.98. The molecule has 1 aliphatic rings. The quantitative estimate of drug-likeness (QED) is 0.754. The van der Waals surface area contributed by atoms with E-state index in [-0.39, 0.29) is 25.9 Å². The smallest absolute Gasteiger partial charge is 0.321 e. The molecule has 1 atom stereocenters. The number of carbonyl (C=O) groups excluding carboxylic acids is 1. The maximum atomic E-state index is 15.4. The monoisotopic (exact) mass is 427 g/mol. The SMILES string of the molecule is CC(F)(C1CCN(C(=O)Nc2ccc(F)nc2)CC1)S(=O)(=O)c1cccc(F)c1. The van der Waals surface area contributed by atoms with Gasteiger partial charge in [-0.2, -0.15) is 4.39 Å². The number of aromatic nitrogens is 1. The minimum atomic E-state index is -4.42. The molecule has 3 rings (SSSR count). The largest absolute Gasteiger partial charge is 0.325 e. The zero-order valence-electron chi connectivity index (χ0n) is 15.6. The molecule has 1 saturated heterocycles. The van der Waals surface area contributed by atoms with Gasteiger partial charge in [-0.25, -0.2) is 27.0 Å². The number of rotatable bonds is 4. The molecule has 0 saturated carbocycles. The van der Waals surface area contributed by atoms with Crippen LogP contribution in [-0.4, -0.2) is 42.4 Å². The number of benzene rings is 1. The lowest BCUT2D eigenvalue weighted by molar-refractivity contribution is 0.117. The number of nitrogens with one attached hydrogen (secondary N) is 1. The summed E-state index contributed by atoms with van der Waals surface area (Å²) in [5.74, 6) is -2.29. The third kappa shape index (κ3) is 4.36. The number of alkyl halides is 1. The van der Waals surface area contributed by atoms with Crippen LogP contribution in [0.1, 0.15) is 19.8 Å². The zero-order valence-corrected chi connectivity index (χ0v) is 16.4. The van der Waals surface area contributed by atoms with Gasteiger partial charge < -0.3 is 10.2 Å². The second-order valence-corrected chi connectivity index (χ2v) is 9.28. The molecule has 1 N–H and O–H groups in total. The Bertz CT molecular complexity index is 989. The van der Waals surface area contributed by atoms with E-state index in [1.165, 1.54) is 23.2 Å². The maximum Gasteiger partial charge on any atom is 0.321 e. The normalized spacial score (nSPS) is 17.6. The third-order valence-electron chi connectivity index (χ3n) is 5.12. The number of hydrogen-bond donors (Lipinski definition) is 1. The van der Waals surface area contributed by atoms with Crippen LogP contribution in [0.15, 0.2) is 47.5 Å². The lowest BCUT2D eigenvalue weighted by atomic mass is 9.92. The Labute approximate surface area is 166 Å². The lowest BCUT2D eigenvalue weighted by Crippen LogP contribution is -2.48. The molecule has 2 heterocycles. The van der Waals surface area contributed by atoms with Gasteiger partial charge in [-0.3, -0.25) is 0 Å².